The Morgan fingerprint density at radius 3 is 2.68 bits per heavy atom. The molecule has 2 aromatic rings. The maximum atomic E-state index is 13.4. The number of fused-ring (bicyclic) bond motifs is 1. The number of rotatable bonds is 5. The smallest absolute Gasteiger partial charge is 0.310 e. The van der Waals surface area contributed by atoms with Crippen molar-refractivity contribution in [3.8, 4) is 11.8 Å². The molecule has 3 rings (SSSR count). The summed E-state index contributed by atoms with van der Waals surface area (Å²) in [6.45, 7) is 4.82. The fourth-order valence-electron chi connectivity index (χ4n) is 3.19. The van der Waals surface area contributed by atoms with Gasteiger partial charge in [-0.05, 0) is 56.7 Å². The van der Waals surface area contributed by atoms with E-state index >= 15 is 0 Å². The summed E-state index contributed by atoms with van der Waals surface area (Å²) in [6, 6.07) is 12.4. The van der Waals surface area contributed by atoms with Crippen LogP contribution in [0.2, 0.25) is 0 Å². The van der Waals surface area contributed by atoms with Crippen LogP contribution in [-0.4, -0.2) is 44.4 Å². The standard InChI is InChI=1S/C22H24N2O6S/c1-22(2,3)30-21(26)11-15-7-8-20-19(10-15)24(13-17(14-25)29-20)31(27,28)18-6-4-5-16(9-18)12-23/h4-10,17,25H,11,13-14H2,1-3H3/t17-/m1/s1. The van der Waals surface area contributed by atoms with Gasteiger partial charge in [0.25, 0.3) is 10.0 Å². The molecule has 8 nitrogen and oxygen atoms in total. The van der Waals surface area contributed by atoms with Crippen molar-refractivity contribution in [1.29, 1.82) is 5.26 Å². The number of hydrogen-bond acceptors (Lipinski definition) is 7. The van der Waals surface area contributed by atoms with E-state index in [0.29, 0.717) is 5.56 Å². The highest BCUT2D eigenvalue weighted by molar-refractivity contribution is 7.92. The van der Waals surface area contributed by atoms with Crippen LogP contribution in [0.1, 0.15) is 31.9 Å². The van der Waals surface area contributed by atoms with Gasteiger partial charge >= 0.3 is 5.97 Å². The highest BCUT2D eigenvalue weighted by Gasteiger charge is 2.35. The summed E-state index contributed by atoms with van der Waals surface area (Å²) in [5.41, 5.74) is 0.397. The second-order valence-electron chi connectivity index (χ2n) is 8.16. The number of sulfonamides is 1. The van der Waals surface area contributed by atoms with Crippen LogP contribution in [0.3, 0.4) is 0 Å². The predicted octanol–water partition coefficient (Wildman–Crippen LogP) is 2.39. The summed E-state index contributed by atoms with van der Waals surface area (Å²) in [5.74, 6) is -0.160. The number of carbonyl (C=O) groups excluding carboxylic acids is 1. The Bertz CT molecular complexity index is 1130. The number of anilines is 1. The first kappa shape index (κ1) is 22.6. The number of ether oxygens (including phenoxy) is 2. The topological polar surface area (TPSA) is 117 Å². The van der Waals surface area contributed by atoms with Crippen molar-refractivity contribution >= 4 is 21.7 Å². The van der Waals surface area contributed by atoms with Gasteiger partial charge in [-0.25, -0.2) is 8.42 Å². The minimum Gasteiger partial charge on any atom is -0.484 e. The van der Waals surface area contributed by atoms with E-state index in [1.165, 1.54) is 24.3 Å². The third kappa shape index (κ3) is 5.16. The number of nitrogens with zero attached hydrogens (tertiary/aromatic N) is 2. The van der Waals surface area contributed by atoms with Crippen LogP contribution in [0.15, 0.2) is 47.4 Å². The van der Waals surface area contributed by atoms with E-state index < -0.39 is 27.7 Å². The average Bonchev–Trinajstić information content (AvgIpc) is 2.71. The summed E-state index contributed by atoms with van der Waals surface area (Å²) >= 11 is 0. The fraction of sp³-hybridized carbons (Fsp3) is 0.364. The van der Waals surface area contributed by atoms with Crippen molar-refractivity contribution in [2.75, 3.05) is 17.5 Å². The molecule has 0 fully saturated rings. The first-order chi connectivity index (χ1) is 14.5. The van der Waals surface area contributed by atoms with Crippen molar-refractivity contribution in [2.24, 2.45) is 0 Å². The Hall–Kier alpha value is -3.09. The molecular weight excluding hydrogens is 420 g/mol. The van der Waals surface area contributed by atoms with Crippen LogP contribution < -0.4 is 9.04 Å². The van der Waals surface area contributed by atoms with Crippen LogP contribution in [0.5, 0.6) is 5.75 Å². The molecule has 0 spiro atoms. The summed E-state index contributed by atoms with van der Waals surface area (Å²) in [6.07, 6.45) is -0.788. The molecule has 1 atom stereocenters. The lowest BCUT2D eigenvalue weighted by molar-refractivity contribution is -0.153. The van der Waals surface area contributed by atoms with Gasteiger partial charge in [0, 0.05) is 0 Å². The van der Waals surface area contributed by atoms with Crippen molar-refractivity contribution in [2.45, 2.75) is 43.8 Å². The lowest BCUT2D eigenvalue weighted by atomic mass is 10.1. The molecule has 164 valence electrons. The summed E-state index contributed by atoms with van der Waals surface area (Å²) in [4.78, 5) is 12.2. The molecule has 0 aromatic heterocycles. The number of aliphatic hydroxyl groups excluding tert-OH is 1. The molecule has 9 heteroatoms. The van der Waals surface area contributed by atoms with E-state index in [-0.39, 0.29) is 41.5 Å². The Labute approximate surface area is 181 Å². The quantitative estimate of drug-likeness (QED) is 0.704. The second-order valence-corrected chi connectivity index (χ2v) is 10.0. The molecule has 0 radical (unpaired) electrons. The highest BCUT2D eigenvalue weighted by Crippen LogP contribution is 2.38. The highest BCUT2D eigenvalue weighted by atomic mass is 32.2. The summed E-state index contributed by atoms with van der Waals surface area (Å²) in [5, 5.41) is 18.7. The predicted molar refractivity (Wildman–Crippen MR) is 113 cm³/mol. The SMILES string of the molecule is CC(C)(C)OC(=O)Cc1ccc2c(c1)N(S(=O)(=O)c1cccc(C#N)c1)C[C@H](CO)O2. The number of hydrogen-bond donors (Lipinski definition) is 1. The zero-order chi connectivity index (χ0) is 22.8. The molecule has 0 aliphatic carbocycles. The molecule has 31 heavy (non-hydrogen) atoms. The summed E-state index contributed by atoms with van der Waals surface area (Å²) in [7, 11) is -4.05. The summed E-state index contributed by atoms with van der Waals surface area (Å²) < 4.78 is 39.0. The fourth-order valence-corrected chi connectivity index (χ4v) is 4.73. The molecule has 0 bridgehead atoms. The maximum Gasteiger partial charge on any atom is 0.310 e. The van der Waals surface area contributed by atoms with Gasteiger partial charge in [0.1, 0.15) is 17.5 Å². The van der Waals surface area contributed by atoms with E-state index in [4.69, 9.17) is 14.7 Å². The normalized spacial score (nSPS) is 16.1. The van der Waals surface area contributed by atoms with Crippen molar-refractivity contribution in [3.05, 3.63) is 53.6 Å². The largest absolute Gasteiger partial charge is 0.484 e. The minimum atomic E-state index is -4.05. The third-order valence-electron chi connectivity index (χ3n) is 4.48. The Morgan fingerprint density at radius 1 is 1.29 bits per heavy atom. The molecule has 1 aliphatic heterocycles. The Morgan fingerprint density at radius 2 is 2.03 bits per heavy atom. The molecule has 2 aromatic carbocycles. The van der Waals surface area contributed by atoms with E-state index in [9.17, 15) is 18.3 Å². The Kier molecular flexibility index (Phi) is 6.25. The van der Waals surface area contributed by atoms with Crippen LogP contribution in [0, 0.1) is 11.3 Å². The molecule has 0 saturated heterocycles. The van der Waals surface area contributed by atoms with Crippen LogP contribution >= 0.6 is 0 Å². The van der Waals surface area contributed by atoms with Crippen molar-refractivity contribution in [3.63, 3.8) is 0 Å². The van der Waals surface area contributed by atoms with Gasteiger partial charge in [0.15, 0.2) is 0 Å². The molecule has 1 aliphatic rings. The van der Waals surface area contributed by atoms with Gasteiger partial charge in [-0.2, -0.15) is 5.26 Å². The first-order valence-corrected chi connectivity index (χ1v) is 11.1. The van der Waals surface area contributed by atoms with Crippen molar-refractivity contribution < 1.29 is 27.8 Å². The molecular formula is C22H24N2O6S. The number of nitriles is 1. The molecule has 0 amide bonds. The monoisotopic (exact) mass is 444 g/mol. The van der Waals surface area contributed by atoms with Crippen molar-refractivity contribution in [1.82, 2.24) is 0 Å². The van der Waals surface area contributed by atoms with Gasteiger partial charge in [0.05, 0.1) is 41.8 Å². The van der Waals surface area contributed by atoms with Gasteiger partial charge < -0.3 is 14.6 Å². The zero-order valence-corrected chi connectivity index (χ0v) is 18.3. The number of benzene rings is 2. The molecule has 1 heterocycles. The molecule has 1 N–H and O–H groups in total. The van der Waals surface area contributed by atoms with Crippen LogP contribution in [-0.2, 0) is 26.0 Å². The average molecular weight is 445 g/mol. The number of aliphatic hydroxyl groups is 1. The van der Waals surface area contributed by atoms with E-state index in [1.54, 1.807) is 39.0 Å². The molecule has 0 unspecified atom stereocenters. The lowest BCUT2D eigenvalue weighted by Gasteiger charge is -2.35. The van der Waals surface area contributed by atoms with Crippen LogP contribution in [0.4, 0.5) is 5.69 Å². The van der Waals surface area contributed by atoms with Gasteiger partial charge in [-0.1, -0.05) is 12.1 Å². The van der Waals surface area contributed by atoms with E-state index in [2.05, 4.69) is 0 Å². The Balaban J connectivity index is 2.01. The van der Waals surface area contributed by atoms with Gasteiger partial charge in [-0.15, -0.1) is 0 Å². The first-order valence-electron chi connectivity index (χ1n) is 9.68. The minimum absolute atomic E-state index is 0.0359. The second kappa shape index (κ2) is 8.57. The van der Waals surface area contributed by atoms with Gasteiger partial charge in [0.2, 0.25) is 0 Å². The molecule has 0 saturated carbocycles. The van der Waals surface area contributed by atoms with Gasteiger partial charge in [-0.3, -0.25) is 9.10 Å². The maximum absolute atomic E-state index is 13.4. The van der Waals surface area contributed by atoms with E-state index in [1.807, 2.05) is 6.07 Å². The number of esters is 1. The number of carbonyl (C=O) groups is 1. The van der Waals surface area contributed by atoms with Crippen LogP contribution in [0.25, 0.3) is 0 Å². The third-order valence-corrected chi connectivity index (χ3v) is 6.25. The zero-order valence-electron chi connectivity index (χ0n) is 17.5. The lowest BCUT2D eigenvalue weighted by Crippen LogP contribution is -2.45. The van der Waals surface area contributed by atoms with E-state index in [0.717, 1.165) is 4.31 Å².